The van der Waals surface area contributed by atoms with E-state index in [1.54, 1.807) is 7.05 Å². The Morgan fingerprint density at radius 1 is 1.20 bits per heavy atom. The summed E-state index contributed by atoms with van der Waals surface area (Å²) in [7, 11) is 1.79. The van der Waals surface area contributed by atoms with Gasteiger partial charge in [0, 0.05) is 39.8 Å². The molecule has 2 heterocycles. The Hall–Kier alpha value is -1.99. The van der Waals surface area contributed by atoms with Crippen molar-refractivity contribution in [3.8, 4) is 11.5 Å². The summed E-state index contributed by atoms with van der Waals surface area (Å²) >= 11 is 0. The summed E-state index contributed by atoms with van der Waals surface area (Å²) in [5.41, 5.74) is 1.13. The van der Waals surface area contributed by atoms with E-state index >= 15 is 0 Å². The molecule has 1 saturated heterocycles. The maximum Gasteiger partial charge on any atom is 0.231 e. The SMILES string of the molecule is CN=C(NCc1ccc2c(c1)OCO2)NCC(C)CN1CCOCC1. The van der Waals surface area contributed by atoms with Gasteiger partial charge < -0.3 is 24.8 Å². The van der Waals surface area contributed by atoms with Crippen LogP contribution < -0.4 is 20.1 Å². The van der Waals surface area contributed by atoms with Crippen LogP contribution in [0, 0.1) is 5.92 Å². The van der Waals surface area contributed by atoms with Gasteiger partial charge in [-0.3, -0.25) is 9.89 Å². The Bertz CT molecular complexity index is 588. The van der Waals surface area contributed by atoms with Gasteiger partial charge in [-0.05, 0) is 23.6 Å². The molecule has 1 unspecified atom stereocenters. The van der Waals surface area contributed by atoms with Crippen LogP contribution in [0.3, 0.4) is 0 Å². The van der Waals surface area contributed by atoms with Crippen molar-refractivity contribution in [2.45, 2.75) is 13.5 Å². The normalized spacial score (nSPS) is 18.9. The van der Waals surface area contributed by atoms with E-state index in [9.17, 15) is 0 Å². The molecule has 0 aromatic heterocycles. The lowest BCUT2D eigenvalue weighted by Gasteiger charge is -2.29. The number of hydrogen-bond acceptors (Lipinski definition) is 5. The Labute approximate surface area is 149 Å². The van der Waals surface area contributed by atoms with Crippen LogP contribution in [0.1, 0.15) is 12.5 Å². The number of guanidine groups is 1. The third-order valence-corrected chi connectivity index (χ3v) is 4.41. The van der Waals surface area contributed by atoms with Crippen molar-refractivity contribution in [1.29, 1.82) is 0 Å². The Balaban J connectivity index is 1.40. The topological polar surface area (TPSA) is 67.4 Å². The second kappa shape index (κ2) is 8.92. The minimum Gasteiger partial charge on any atom is -0.454 e. The average molecular weight is 348 g/mol. The van der Waals surface area contributed by atoms with E-state index in [-0.39, 0.29) is 0 Å². The molecule has 2 aliphatic rings. The third kappa shape index (κ3) is 5.24. The summed E-state index contributed by atoms with van der Waals surface area (Å²) in [6, 6.07) is 5.98. The molecule has 0 amide bonds. The first-order valence-electron chi connectivity index (χ1n) is 8.87. The van der Waals surface area contributed by atoms with Gasteiger partial charge in [-0.25, -0.2) is 0 Å². The minimum atomic E-state index is 0.302. The fourth-order valence-corrected chi connectivity index (χ4v) is 3.02. The van der Waals surface area contributed by atoms with Gasteiger partial charge in [-0.1, -0.05) is 13.0 Å². The van der Waals surface area contributed by atoms with Gasteiger partial charge in [0.25, 0.3) is 0 Å². The molecule has 1 aromatic rings. The highest BCUT2D eigenvalue weighted by atomic mass is 16.7. The lowest BCUT2D eigenvalue weighted by atomic mass is 10.1. The Morgan fingerprint density at radius 3 is 2.80 bits per heavy atom. The van der Waals surface area contributed by atoms with E-state index in [1.165, 1.54) is 0 Å². The second-order valence-corrected chi connectivity index (χ2v) is 6.51. The monoisotopic (exact) mass is 348 g/mol. The minimum absolute atomic E-state index is 0.302. The Morgan fingerprint density at radius 2 is 2.00 bits per heavy atom. The van der Waals surface area contributed by atoms with Crippen LogP contribution >= 0.6 is 0 Å². The zero-order valence-electron chi connectivity index (χ0n) is 15.1. The van der Waals surface area contributed by atoms with Gasteiger partial charge in [0.05, 0.1) is 13.2 Å². The van der Waals surface area contributed by atoms with E-state index in [4.69, 9.17) is 14.2 Å². The van der Waals surface area contributed by atoms with E-state index in [0.717, 1.165) is 62.4 Å². The summed E-state index contributed by atoms with van der Waals surface area (Å²) in [4.78, 5) is 6.76. The molecule has 1 aromatic carbocycles. The van der Waals surface area contributed by atoms with Crippen LogP contribution in [0.15, 0.2) is 23.2 Å². The molecule has 1 atom stereocenters. The van der Waals surface area contributed by atoms with Gasteiger partial charge in [0.1, 0.15) is 0 Å². The standard InChI is InChI=1S/C18H28N4O3/c1-14(12-22-5-7-23-8-6-22)10-20-18(19-2)21-11-15-3-4-16-17(9-15)25-13-24-16/h3-4,9,14H,5-8,10-13H2,1-2H3,(H2,19,20,21). The molecule has 0 spiro atoms. The lowest BCUT2D eigenvalue weighted by molar-refractivity contribution is 0.0320. The summed E-state index contributed by atoms with van der Waals surface area (Å²) in [6.07, 6.45) is 0. The highest BCUT2D eigenvalue weighted by Crippen LogP contribution is 2.32. The summed E-state index contributed by atoms with van der Waals surface area (Å²) < 4.78 is 16.1. The van der Waals surface area contributed by atoms with E-state index in [2.05, 4.69) is 27.4 Å². The first-order chi connectivity index (χ1) is 12.2. The lowest BCUT2D eigenvalue weighted by Crippen LogP contribution is -2.43. The number of rotatable bonds is 6. The molecular formula is C18H28N4O3. The molecular weight excluding hydrogens is 320 g/mol. The van der Waals surface area contributed by atoms with E-state index < -0.39 is 0 Å². The maximum absolute atomic E-state index is 5.41. The smallest absolute Gasteiger partial charge is 0.231 e. The summed E-state index contributed by atoms with van der Waals surface area (Å²) in [6.45, 7) is 8.96. The van der Waals surface area contributed by atoms with Crippen molar-refractivity contribution in [3.05, 3.63) is 23.8 Å². The molecule has 138 valence electrons. The fourth-order valence-electron chi connectivity index (χ4n) is 3.02. The second-order valence-electron chi connectivity index (χ2n) is 6.51. The van der Waals surface area contributed by atoms with Crippen molar-refractivity contribution in [2.75, 3.05) is 53.2 Å². The van der Waals surface area contributed by atoms with Crippen molar-refractivity contribution in [1.82, 2.24) is 15.5 Å². The fraction of sp³-hybridized carbons (Fsp3) is 0.611. The maximum atomic E-state index is 5.41. The van der Waals surface area contributed by atoms with E-state index in [0.29, 0.717) is 19.3 Å². The molecule has 0 aliphatic carbocycles. The van der Waals surface area contributed by atoms with Crippen LogP contribution in [0.2, 0.25) is 0 Å². The van der Waals surface area contributed by atoms with Crippen molar-refractivity contribution < 1.29 is 14.2 Å². The van der Waals surface area contributed by atoms with Gasteiger partial charge in [0.15, 0.2) is 17.5 Å². The summed E-state index contributed by atoms with van der Waals surface area (Å²) in [5.74, 6) is 2.97. The van der Waals surface area contributed by atoms with Crippen molar-refractivity contribution >= 4 is 5.96 Å². The molecule has 1 fully saturated rings. The average Bonchev–Trinajstić information content (AvgIpc) is 3.10. The number of nitrogens with zero attached hydrogens (tertiary/aromatic N) is 2. The highest BCUT2D eigenvalue weighted by Gasteiger charge is 2.15. The molecule has 7 nitrogen and oxygen atoms in total. The number of benzene rings is 1. The molecule has 7 heteroatoms. The van der Waals surface area contributed by atoms with Crippen LogP contribution in [0.4, 0.5) is 0 Å². The number of ether oxygens (including phenoxy) is 3. The van der Waals surface area contributed by atoms with Crippen LogP contribution in [-0.2, 0) is 11.3 Å². The number of fused-ring (bicyclic) bond motifs is 1. The van der Waals surface area contributed by atoms with Crippen molar-refractivity contribution in [3.63, 3.8) is 0 Å². The number of hydrogen-bond donors (Lipinski definition) is 2. The molecule has 0 radical (unpaired) electrons. The van der Waals surface area contributed by atoms with Crippen LogP contribution in [-0.4, -0.2) is 64.1 Å². The zero-order chi connectivity index (χ0) is 17.5. The Kier molecular flexibility index (Phi) is 6.36. The predicted octanol–water partition coefficient (Wildman–Crippen LogP) is 1.05. The van der Waals surface area contributed by atoms with Gasteiger partial charge in [-0.15, -0.1) is 0 Å². The summed E-state index contributed by atoms with van der Waals surface area (Å²) in [5, 5.41) is 6.75. The van der Waals surface area contributed by atoms with Gasteiger partial charge in [0.2, 0.25) is 6.79 Å². The largest absolute Gasteiger partial charge is 0.454 e. The number of aliphatic imine (C=N–C) groups is 1. The first-order valence-corrected chi connectivity index (χ1v) is 8.87. The number of morpholine rings is 1. The molecule has 0 saturated carbocycles. The molecule has 2 N–H and O–H groups in total. The van der Waals surface area contributed by atoms with Crippen LogP contribution in [0.5, 0.6) is 11.5 Å². The van der Waals surface area contributed by atoms with Gasteiger partial charge in [-0.2, -0.15) is 0 Å². The third-order valence-electron chi connectivity index (χ3n) is 4.41. The van der Waals surface area contributed by atoms with Gasteiger partial charge >= 0.3 is 0 Å². The van der Waals surface area contributed by atoms with Crippen molar-refractivity contribution in [2.24, 2.45) is 10.9 Å². The predicted molar refractivity (Wildman–Crippen MR) is 97.2 cm³/mol. The quantitative estimate of drug-likeness (QED) is 0.592. The first kappa shape index (κ1) is 17.8. The molecule has 0 bridgehead atoms. The number of nitrogens with one attached hydrogen (secondary N) is 2. The molecule has 25 heavy (non-hydrogen) atoms. The highest BCUT2D eigenvalue weighted by molar-refractivity contribution is 5.79. The zero-order valence-corrected chi connectivity index (χ0v) is 15.1. The van der Waals surface area contributed by atoms with Crippen LogP contribution in [0.25, 0.3) is 0 Å². The molecule has 3 rings (SSSR count). The van der Waals surface area contributed by atoms with E-state index in [1.807, 2.05) is 18.2 Å². The molecule has 2 aliphatic heterocycles.